The van der Waals surface area contributed by atoms with Gasteiger partial charge in [-0.15, -0.1) is 0 Å². The van der Waals surface area contributed by atoms with Gasteiger partial charge in [0.15, 0.2) is 0 Å². The van der Waals surface area contributed by atoms with E-state index in [4.69, 9.17) is 9.97 Å². The molecular weight excluding hydrogens is 280 g/mol. The molecule has 0 aromatic carbocycles. The summed E-state index contributed by atoms with van der Waals surface area (Å²) >= 11 is 2.09. The summed E-state index contributed by atoms with van der Waals surface area (Å²) < 4.78 is 0. The van der Waals surface area contributed by atoms with Crippen molar-refractivity contribution in [2.75, 3.05) is 36.1 Å². The topological polar surface area (TPSA) is 41.1 Å². The fourth-order valence-electron chi connectivity index (χ4n) is 2.55. The number of hydrogen-bond donors (Lipinski definition) is 1. The lowest BCUT2D eigenvalue weighted by Crippen LogP contribution is -2.39. The summed E-state index contributed by atoms with van der Waals surface area (Å²) in [7, 11) is 1.94. The van der Waals surface area contributed by atoms with Gasteiger partial charge in [-0.2, -0.15) is 11.8 Å². The predicted molar refractivity (Wildman–Crippen MR) is 93.8 cm³/mol. The van der Waals surface area contributed by atoms with Gasteiger partial charge in [0.25, 0.3) is 0 Å². The molecule has 1 saturated heterocycles. The van der Waals surface area contributed by atoms with Gasteiger partial charge in [-0.25, -0.2) is 9.97 Å². The number of anilines is 2. The minimum Gasteiger partial charge on any atom is -0.373 e. The standard InChI is InChI=1S/C16H28N4S/c1-7-12-10-20(8-9-21-12)14-11(2)13(17-6)18-15(19-14)16(3,4)5/h12H,7-10H2,1-6H3,(H,17,18,19). The van der Waals surface area contributed by atoms with E-state index in [-0.39, 0.29) is 5.41 Å². The van der Waals surface area contributed by atoms with Crippen molar-refractivity contribution in [1.29, 1.82) is 0 Å². The van der Waals surface area contributed by atoms with Crippen molar-refractivity contribution in [3.63, 3.8) is 0 Å². The van der Waals surface area contributed by atoms with Crippen molar-refractivity contribution in [2.24, 2.45) is 0 Å². The van der Waals surface area contributed by atoms with E-state index in [2.05, 4.69) is 56.6 Å². The first-order chi connectivity index (χ1) is 9.86. The Kier molecular flexibility index (Phi) is 5.02. The lowest BCUT2D eigenvalue weighted by Gasteiger charge is -2.34. The lowest BCUT2D eigenvalue weighted by atomic mass is 9.95. The molecule has 0 radical (unpaired) electrons. The second-order valence-electron chi connectivity index (χ2n) is 6.69. The molecule has 1 atom stereocenters. The molecule has 21 heavy (non-hydrogen) atoms. The molecular formula is C16H28N4S. The molecule has 1 aliphatic rings. The summed E-state index contributed by atoms with van der Waals surface area (Å²) in [5.74, 6) is 4.16. The molecule has 0 saturated carbocycles. The van der Waals surface area contributed by atoms with Gasteiger partial charge in [0, 0.05) is 42.1 Å². The first-order valence-electron chi connectivity index (χ1n) is 7.80. The van der Waals surface area contributed by atoms with E-state index in [0.29, 0.717) is 5.25 Å². The minimum atomic E-state index is -0.0389. The lowest BCUT2D eigenvalue weighted by molar-refractivity contribution is 0.543. The molecule has 5 heteroatoms. The van der Waals surface area contributed by atoms with Gasteiger partial charge in [-0.05, 0) is 13.3 Å². The third-order valence-corrected chi connectivity index (χ3v) is 5.29. The molecule has 1 N–H and O–H groups in total. The average Bonchev–Trinajstić information content (AvgIpc) is 2.46. The van der Waals surface area contributed by atoms with Crippen LogP contribution in [0, 0.1) is 6.92 Å². The first-order valence-corrected chi connectivity index (χ1v) is 8.85. The van der Waals surface area contributed by atoms with E-state index in [1.54, 1.807) is 0 Å². The smallest absolute Gasteiger partial charge is 0.138 e. The zero-order chi connectivity index (χ0) is 15.6. The largest absolute Gasteiger partial charge is 0.373 e. The zero-order valence-corrected chi connectivity index (χ0v) is 15.0. The van der Waals surface area contributed by atoms with E-state index in [1.165, 1.54) is 12.2 Å². The van der Waals surface area contributed by atoms with Crippen LogP contribution >= 0.6 is 11.8 Å². The summed E-state index contributed by atoms with van der Waals surface area (Å²) in [6.45, 7) is 13.1. The number of aromatic nitrogens is 2. The predicted octanol–water partition coefficient (Wildman–Crippen LogP) is 3.46. The highest BCUT2D eigenvalue weighted by molar-refractivity contribution is 8.00. The van der Waals surface area contributed by atoms with Gasteiger partial charge in [0.2, 0.25) is 0 Å². The zero-order valence-electron chi connectivity index (χ0n) is 14.2. The Morgan fingerprint density at radius 1 is 1.33 bits per heavy atom. The van der Waals surface area contributed by atoms with Crippen LogP contribution in [0.25, 0.3) is 0 Å². The maximum atomic E-state index is 4.91. The molecule has 0 amide bonds. The molecule has 0 spiro atoms. The van der Waals surface area contributed by atoms with Gasteiger partial charge in [-0.1, -0.05) is 27.7 Å². The van der Waals surface area contributed by atoms with E-state index in [0.717, 1.165) is 36.1 Å². The Balaban J connectivity index is 2.41. The van der Waals surface area contributed by atoms with Gasteiger partial charge in [0.05, 0.1) is 0 Å². The molecule has 4 nitrogen and oxygen atoms in total. The van der Waals surface area contributed by atoms with E-state index in [9.17, 15) is 0 Å². The van der Waals surface area contributed by atoms with Crippen LogP contribution in [0.2, 0.25) is 0 Å². The Morgan fingerprint density at radius 2 is 2.05 bits per heavy atom. The van der Waals surface area contributed by atoms with Crippen molar-refractivity contribution < 1.29 is 0 Å². The fourth-order valence-corrected chi connectivity index (χ4v) is 3.73. The summed E-state index contributed by atoms with van der Waals surface area (Å²) in [6.07, 6.45) is 1.22. The number of rotatable bonds is 3. The van der Waals surface area contributed by atoms with Gasteiger partial charge in [-0.3, -0.25) is 0 Å². The van der Waals surface area contributed by atoms with Gasteiger partial charge in [0.1, 0.15) is 17.5 Å². The third-order valence-electron chi connectivity index (χ3n) is 3.92. The van der Waals surface area contributed by atoms with Crippen LogP contribution in [-0.2, 0) is 5.41 Å². The highest BCUT2D eigenvalue weighted by Gasteiger charge is 2.26. The molecule has 1 aliphatic heterocycles. The van der Waals surface area contributed by atoms with E-state index in [1.807, 2.05) is 7.05 Å². The highest BCUT2D eigenvalue weighted by Crippen LogP contribution is 2.31. The normalized spacial score (nSPS) is 19.7. The summed E-state index contributed by atoms with van der Waals surface area (Å²) in [5.41, 5.74) is 1.12. The highest BCUT2D eigenvalue weighted by atomic mass is 32.2. The average molecular weight is 308 g/mol. The number of nitrogens with zero attached hydrogens (tertiary/aromatic N) is 3. The second kappa shape index (κ2) is 6.42. The maximum absolute atomic E-state index is 4.91. The van der Waals surface area contributed by atoms with Crippen LogP contribution in [0.4, 0.5) is 11.6 Å². The minimum absolute atomic E-state index is 0.0389. The van der Waals surface area contributed by atoms with E-state index >= 15 is 0 Å². The number of hydrogen-bond acceptors (Lipinski definition) is 5. The van der Waals surface area contributed by atoms with E-state index < -0.39 is 0 Å². The Labute approximate surface area is 133 Å². The van der Waals surface area contributed by atoms with Gasteiger partial charge >= 0.3 is 0 Å². The van der Waals surface area contributed by atoms with Crippen LogP contribution in [-0.4, -0.2) is 41.1 Å². The molecule has 0 bridgehead atoms. The van der Waals surface area contributed by atoms with Crippen molar-refractivity contribution in [2.45, 2.75) is 51.7 Å². The molecule has 2 heterocycles. The molecule has 0 aliphatic carbocycles. The molecule has 2 rings (SSSR count). The first kappa shape index (κ1) is 16.4. The second-order valence-corrected chi connectivity index (χ2v) is 8.10. The van der Waals surface area contributed by atoms with Crippen molar-refractivity contribution >= 4 is 23.4 Å². The van der Waals surface area contributed by atoms with Crippen LogP contribution in [0.5, 0.6) is 0 Å². The fraction of sp³-hybridized carbons (Fsp3) is 0.750. The molecule has 1 aromatic heterocycles. The van der Waals surface area contributed by atoms with Crippen LogP contribution < -0.4 is 10.2 Å². The number of nitrogens with one attached hydrogen (secondary N) is 1. The van der Waals surface area contributed by atoms with Crippen molar-refractivity contribution in [3.05, 3.63) is 11.4 Å². The molecule has 1 unspecified atom stereocenters. The Bertz CT molecular complexity index is 496. The summed E-state index contributed by atoms with van der Waals surface area (Å²) in [6, 6.07) is 0. The maximum Gasteiger partial charge on any atom is 0.138 e. The molecule has 118 valence electrons. The van der Waals surface area contributed by atoms with Crippen molar-refractivity contribution in [3.8, 4) is 0 Å². The van der Waals surface area contributed by atoms with Crippen LogP contribution in [0.1, 0.15) is 45.5 Å². The quantitative estimate of drug-likeness (QED) is 0.926. The van der Waals surface area contributed by atoms with Crippen LogP contribution in [0.15, 0.2) is 0 Å². The van der Waals surface area contributed by atoms with Crippen LogP contribution in [0.3, 0.4) is 0 Å². The summed E-state index contributed by atoms with van der Waals surface area (Å²) in [5, 5.41) is 3.94. The van der Waals surface area contributed by atoms with Crippen molar-refractivity contribution in [1.82, 2.24) is 9.97 Å². The molecule has 1 aromatic rings. The summed E-state index contributed by atoms with van der Waals surface area (Å²) in [4.78, 5) is 12.1. The SMILES string of the molecule is CCC1CN(c2nc(C(C)(C)C)nc(NC)c2C)CCS1. The Morgan fingerprint density at radius 3 is 2.62 bits per heavy atom. The van der Waals surface area contributed by atoms with Gasteiger partial charge < -0.3 is 10.2 Å². The monoisotopic (exact) mass is 308 g/mol. The number of thioether (sulfide) groups is 1. The molecule has 1 fully saturated rings. The Hall–Kier alpha value is -0.970. The third kappa shape index (κ3) is 3.62.